The van der Waals surface area contributed by atoms with Crippen LogP contribution in [0.25, 0.3) is 0 Å². The SMILES string of the molecule is NC(=O)CC[C@H](NC(=O)N1CCC(N)CC1)C(=O)O. The molecule has 0 aromatic carbocycles. The summed E-state index contributed by atoms with van der Waals surface area (Å²) in [5.41, 5.74) is 10.7. The zero-order chi connectivity index (χ0) is 14.4. The van der Waals surface area contributed by atoms with Gasteiger partial charge in [-0.05, 0) is 19.3 Å². The lowest BCUT2D eigenvalue weighted by molar-refractivity contribution is -0.139. The molecule has 1 fully saturated rings. The second-order valence-corrected chi connectivity index (χ2v) is 4.67. The average molecular weight is 272 g/mol. The highest BCUT2D eigenvalue weighted by Gasteiger charge is 2.25. The number of hydrogen-bond acceptors (Lipinski definition) is 4. The molecule has 1 atom stereocenters. The Balaban J connectivity index is 2.46. The van der Waals surface area contributed by atoms with E-state index >= 15 is 0 Å². The van der Waals surface area contributed by atoms with E-state index in [2.05, 4.69) is 5.32 Å². The lowest BCUT2D eigenvalue weighted by atomic mass is 10.1. The van der Waals surface area contributed by atoms with E-state index in [1.807, 2.05) is 0 Å². The smallest absolute Gasteiger partial charge is 0.326 e. The van der Waals surface area contributed by atoms with Crippen LogP contribution in [0.15, 0.2) is 0 Å². The lowest BCUT2D eigenvalue weighted by Crippen LogP contribution is -2.51. The minimum atomic E-state index is -1.18. The third-order valence-electron chi connectivity index (χ3n) is 3.10. The summed E-state index contributed by atoms with van der Waals surface area (Å²) < 4.78 is 0. The van der Waals surface area contributed by atoms with Crippen molar-refractivity contribution in [1.82, 2.24) is 10.2 Å². The van der Waals surface area contributed by atoms with E-state index in [4.69, 9.17) is 16.6 Å². The summed E-state index contributed by atoms with van der Waals surface area (Å²) in [6, 6.07) is -1.45. The first-order valence-corrected chi connectivity index (χ1v) is 6.22. The lowest BCUT2D eigenvalue weighted by Gasteiger charge is -2.31. The van der Waals surface area contributed by atoms with Crippen molar-refractivity contribution in [3.05, 3.63) is 0 Å². The van der Waals surface area contributed by atoms with Gasteiger partial charge in [0.2, 0.25) is 5.91 Å². The number of likely N-dealkylation sites (tertiary alicyclic amines) is 1. The largest absolute Gasteiger partial charge is 0.480 e. The number of hydrogen-bond donors (Lipinski definition) is 4. The number of aliphatic carboxylic acids is 1. The Bertz CT molecular complexity index is 353. The molecule has 0 unspecified atom stereocenters. The second kappa shape index (κ2) is 6.93. The molecule has 8 nitrogen and oxygen atoms in total. The predicted octanol–water partition coefficient (Wildman–Crippen LogP) is -1.16. The quantitative estimate of drug-likeness (QED) is 0.500. The molecular weight excluding hydrogens is 252 g/mol. The van der Waals surface area contributed by atoms with Crippen LogP contribution in [0, 0.1) is 0 Å². The zero-order valence-corrected chi connectivity index (χ0v) is 10.7. The van der Waals surface area contributed by atoms with E-state index in [-0.39, 0.29) is 18.9 Å². The normalized spacial score (nSPS) is 17.8. The van der Waals surface area contributed by atoms with Gasteiger partial charge in [0.1, 0.15) is 6.04 Å². The van der Waals surface area contributed by atoms with Crippen molar-refractivity contribution in [2.75, 3.05) is 13.1 Å². The van der Waals surface area contributed by atoms with Crippen molar-refractivity contribution in [1.29, 1.82) is 0 Å². The highest BCUT2D eigenvalue weighted by Crippen LogP contribution is 2.09. The standard InChI is InChI=1S/C11H20N4O4/c12-7-3-5-15(6-4-7)11(19)14-8(10(17)18)1-2-9(13)16/h7-8H,1-6,12H2,(H2,13,16)(H,14,19)(H,17,18)/t8-/m0/s1. The molecule has 3 amide bonds. The first kappa shape index (κ1) is 15.2. The Morgan fingerprint density at radius 2 is 1.89 bits per heavy atom. The topological polar surface area (TPSA) is 139 Å². The van der Waals surface area contributed by atoms with E-state index in [1.54, 1.807) is 0 Å². The van der Waals surface area contributed by atoms with Crippen molar-refractivity contribution in [2.24, 2.45) is 11.5 Å². The Morgan fingerprint density at radius 3 is 2.37 bits per heavy atom. The zero-order valence-electron chi connectivity index (χ0n) is 10.7. The molecule has 0 aliphatic carbocycles. The van der Waals surface area contributed by atoms with E-state index < -0.39 is 23.9 Å². The van der Waals surface area contributed by atoms with Crippen LogP contribution in [-0.2, 0) is 9.59 Å². The van der Waals surface area contributed by atoms with Gasteiger partial charge in [0.15, 0.2) is 0 Å². The molecule has 0 bridgehead atoms. The predicted molar refractivity (Wildman–Crippen MR) is 67.2 cm³/mol. The third kappa shape index (κ3) is 5.12. The van der Waals surface area contributed by atoms with Crippen molar-refractivity contribution < 1.29 is 19.5 Å². The van der Waals surface area contributed by atoms with Crippen LogP contribution < -0.4 is 16.8 Å². The van der Waals surface area contributed by atoms with Crippen LogP contribution >= 0.6 is 0 Å². The number of nitrogens with one attached hydrogen (secondary N) is 1. The van der Waals surface area contributed by atoms with Crippen LogP contribution in [0.1, 0.15) is 25.7 Å². The summed E-state index contributed by atoms with van der Waals surface area (Å²) in [4.78, 5) is 35.0. The maximum absolute atomic E-state index is 11.9. The number of urea groups is 1. The molecule has 0 radical (unpaired) electrons. The van der Waals surface area contributed by atoms with Gasteiger partial charge in [-0.2, -0.15) is 0 Å². The maximum Gasteiger partial charge on any atom is 0.326 e. The van der Waals surface area contributed by atoms with E-state index in [0.717, 1.165) is 0 Å². The molecule has 108 valence electrons. The number of carbonyl (C=O) groups excluding carboxylic acids is 2. The Labute approximate surface area is 111 Å². The summed E-state index contributed by atoms with van der Waals surface area (Å²) >= 11 is 0. The molecule has 8 heteroatoms. The second-order valence-electron chi connectivity index (χ2n) is 4.67. The number of carboxylic acid groups (broad SMARTS) is 1. The number of carboxylic acids is 1. The van der Waals surface area contributed by atoms with Crippen molar-refractivity contribution in [3.8, 4) is 0 Å². The number of carbonyl (C=O) groups is 3. The summed E-state index contributed by atoms with van der Waals surface area (Å²) in [6.45, 7) is 1.02. The highest BCUT2D eigenvalue weighted by atomic mass is 16.4. The van der Waals surface area contributed by atoms with Gasteiger partial charge in [-0.25, -0.2) is 9.59 Å². The molecule has 1 rings (SSSR count). The van der Waals surface area contributed by atoms with Crippen LogP contribution in [0.5, 0.6) is 0 Å². The summed E-state index contributed by atoms with van der Waals surface area (Å²) in [5, 5.41) is 11.4. The first-order chi connectivity index (χ1) is 8.90. The molecule has 0 spiro atoms. The number of amides is 3. The summed E-state index contributed by atoms with van der Waals surface area (Å²) in [7, 11) is 0. The summed E-state index contributed by atoms with van der Waals surface area (Å²) in [5.74, 6) is -1.77. The molecule has 1 saturated heterocycles. The average Bonchev–Trinajstić information content (AvgIpc) is 2.34. The molecule has 6 N–H and O–H groups in total. The minimum absolute atomic E-state index is 0.0102. The third-order valence-corrected chi connectivity index (χ3v) is 3.10. The Kier molecular flexibility index (Phi) is 5.56. The van der Waals surface area contributed by atoms with Crippen LogP contribution in [0.3, 0.4) is 0 Å². The van der Waals surface area contributed by atoms with Crippen LogP contribution in [0.4, 0.5) is 4.79 Å². The number of primary amides is 1. The molecule has 19 heavy (non-hydrogen) atoms. The van der Waals surface area contributed by atoms with E-state index in [0.29, 0.717) is 25.9 Å². The van der Waals surface area contributed by atoms with E-state index in [9.17, 15) is 14.4 Å². The monoisotopic (exact) mass is 272 g/mol. The molecule has 0 saturated carbocycles. The van der Waals surface area contributed by atoms with Crippen molar-refractivity contribution in [3.63, 3.8) is 0 Å². The van der Waals surface area contributed by atoms with E-state index in [1.165, 1.54) is 4.90 Å². The molecule has 1 aliphatic rings. The van der Waals surface area contributed by atoms with Gasteiger partial charge in [0.05, 0.1) is 0 Å². The fraction of sp³-hybridized carbons (Fsp3) is 0.727. The number of piperidine rings is 1. The molecule has 1 heterocycles. The Morgan fingerprint density at radius 1 is 1.32 bits per heavy atom. The fourth-order valence-corrected chi connectivity index (χ4v) is 1.89. The van der Waals surface area contributed by atoms with Gasteiger partial charge < -0.3 is 26.8 Å². The van der Waals surface area contributed by atoms with Gasteiger partial charge in [-0.15, -0.1) is 0 Å². The fourth-order valence-electron chi connectivity index (χ4n) is 1.89. The van der Waals surface area contributed by atoms with Gasteiger partial charge in [0.25, 0.3) is 0 Å². The maximum atomic E-state index is 11.9. The van der Waals surface area contributed by atoms with Crippen molar-refractivity contribution >= 4 is 17.9 Å². The number of nitrogens with two attached hydrogens (primary N) is 2. The van der Waals surface area contributed by atoms with Gasteiger partial charge >= 0.3 is 12.0 Å². The molecule has 0 aromatic rings. The summed E-state index contributed by atoms with van der Waals surface area (Å²) in [6.07, 6.45) is 1.31. The number of rotatable bonds is 5. The first-order valence-electron chi connectivity index (χ1n) is 6.22. The Hall–Kier alpha value is -1.83. The molecular formula is C11H20N4O4. The molecule has 0 aromatic heterocycles. The van der Waals surface area contributed by atoms with Gasteiger partial charge in [0, 0.05) is 25.6 Å². The highest BCUT2D eigenvalue weighted by molar-refractivity contribution is 5.83. The van der Waals surface area contributed by atoms with Gasteiger partial charge in [-0.1, -0.05) is 0 Å². The van der Waals surface area contributed by atoms with Crippen LogP contribution in [-0.4, -0.2) is 53.1 Å². The van der Waals surface area contributed by atoms with Crippen molar-refractivity contribution in [2.45, 2.75) is 37.8 Å². The molecule has 1 aliphatic heterocycles. The number of nitrogens with zero attached hydrogens (tertiary/aromatic N) is 1. The minimum Gasteiger partial charge on any atom is -0.480 e. The van der Waals surface area contributed by atoms with Gasteiger partial charge in [-0.3, -0.25) is 4.79 Å². The van der Waals surface area contributed by atoms with Crippen LogP contribution in [0.2, 0.25) is 0 Å².